The molecule has 0 aliphatic carbocycles. The summed E-state index contributed by atoms with van der Waals surface area (Å²) in [6, 6.07) is 0. The van der Waals surface area contributed by atoms with Crippen molar-refractivity contribution in [2.24, 2.45) is 23.2 Å². The third-order valence-electron chi connectivity index (χ3n) is 8.74. The Hall–Kier alpha value is -1.12. The first-order valence-electron chi connectivity index (χ1n) is 15.7. The van der Waals surface area contributed by atoms with E-state index in [4.69, 9.17) is 6.42 Å². The quantitative estimate of drug-likeness (QED) is 0.0531. The smallest absolute Gasteiger partial charge is 0.120 e. The average Bonchev–Trinajstić information content (AvgIpc) is 3.24. The van der Waals surface area contributed by atoms with Gasteiger partial charge in [-0.1, -0.05) is 118 Å². The zero-order chi connectivity index (χ0) is 28.7. The Kier molecular flexibility index (Phi) is 16.8. The van der Waals surface area contributed by atoms with Crippen molar-refractivity contribution < 1.29 is 4.39 Å². The molecular weight excluding hydrogens is 482 g/mol. The topological polar surface area (TPSA) is 0 Å². The Morgan fingerprint density at radius 3 is 2.37 bits per heavy atom. The van der Waals surface area contributed by atoms with Crippen molar-refractivity contribution in [1.29, 1.82) is 0 Å². The fourth-order valence-corrected chi connectivity index (χ4v) is 8.42. The van der Waals surface area contributed by atoms with Gasteiger partial charge in [0.15, 0.2) is 0 Å². The summed E-state index contributed by atoms with van der Waals surface area (Å²) < 4.78 is 16.0. The van der Waals surface area contributed by atoms with Crippen LogP contribution in [0.3, 0.4) is 0 Å². The van der Waals surface area contributed by atoms with E-state index >= 15 is 4.39 Å². The minimum Gasteiger partial charge on any atom is -0.243 e. The number of unbranched alkanes of at least 4 members (excludes halogenated alkanes) is 3. The molecule has 0 amide bonds. The van der Waals surface area contributed by atoms with Crippen molar-refractivity contribution in [3.8, 4) is 12.3 Å². The lowest BCUT2D eigenvalue weighted by molar-refractivity contribution is 0.243. The molecule has 1 aliphatic heterocycles. The molecule has 0 aromatic heterocycles. The van der Waals surface area contributed by atoms with Gasteiger partial charge in [0.1, 0.15) is 6.17 Å². The van der Waals surface area contributed by atoms with Gasteiger partial charge in [-0.05, 0) is 86.9 Å². The molecule has 0 nitrogen and oxygen atoms in total. The summed E-state index contributed by atoms with van der Waals surface area (Å²) in [6.07, 6.45) is 23.7. The van der Waals surface area contributed by atoms with Crippen molar-refractivity contribution in [2.45, 2.75) is 145 Å². The molecule has 1 aliphatic rings. The first-order valence-corrected chi connectivity index (χ1v) is 16.9. The molecule has 0 bridgehead atoms. The van der Waals surface area contributed by atoms with Crippen LogP contribution in [-0.2, 0) is 0 Å². The number of hydrogen-bond donors (Lipinski definition) is 0. The third kappa shape index (κ3) is 9.81. The van der Waals surface area contributed by atoms with Gasteiger partial charge in [-0.3, -0.25) is 0 Å². The Bertz CT molecular complexity index is 849. The van der Waals surface area contributed by atoms with Crippen LogP contribution in [-0.4, -0.2) is 11.8 Å². The monoisotopic (exact) mass is 542 g/mol. The van der Waals surface area contributed by atoms with Gasteiger partial charge in [-0.25, -0.2) is 4.39 Å². The highest BCUT2D eigenvalue weighted by molar-refractivity contribution is 7.43. The van der Waals surface area contributed by atoms with Crippen LogP contribution in [0, 0.1) is 35.5 Å². The summed E-state index contributed by atoms with van der Waals surface area (Å²) in [5.74, 6) is 6.71. The summed E-state index contributed by atoms with van der Waals surface area (Å²) >= 11 is 0. The molecule has 216 valence electrons. The molecule has 1 heterocycles. The van der Waals surface area contributed by atoms with Crippen LogP contribution in [0.4, 0.5) is 4.39 Å². The molecule has 0 spiro atoms. The molecule has 6 atom stereocenters. The molecule has 2 heteroatoms. The molecule has 6 unspecified atom stereocenters. The van der Waals surface area contributed by atoms with Crippen LogP contribution in [0.15, 0.2) is 46.3 Å². The molecular formula is C36H60FP. The Morgan fingerprint density at radius 1 is 1.13 bits per heavy atom. The van der Waals surface area contributed by atoms with Crippen LogP contribution in [0.1, 0.15) is 133 Å². The van der Waals surface area contributed by atoms with E-state index in [0.717, 1.165) is 59.1 Å². The van der Waals surface area contributed by atoms with E-state index in [2.05, 4.69) is 85.4 Å². The predicted molar refractivity (Wildman–Crippen MR) is 173 cm³/mol. The van der Waals surface area contributed by atoms with E-state index < -0.39 is 6.17 Å². The lowest BCUT2D eigenvalue weighted by atomic mass is 9.60. The van der Waals surface area contributed by atoms with Gasteiger partial charge >= 0.3 is 0 Å². The fraction of sp³-hybridized carbons (Fsp3) is 0.722. The summed E-state index contributed by atoms with van der Waals surface area (Å²) in [5, 5.41) is 0. The van der Waals surface area contributed by atoms with Crippen LogP contribution < -0.4 is 0 Å². The van der Waals surface area contributed by atoms with E-state index in [1.165, 1.54) is 36.8 Å². The molecule has 0 fully saturated rings. The molecule has 0 aromatic carbocycles. The fourth-order valence-electron chi connectivity index (χ4n) is 6.65. The summed E-state index contributed by atoms with van der Waals surface area (Å²) in [6.45, 7) is 20.0. The second-order valence-electron chi connectivity index (χ2n) is 12.0. The predicted octanol–water partition coefficient (Wildman–Crippen LogP) is 12.0. The van der Waals surface area contributed by atoms with E-state index in [9.17, 15) is 0 Å². The Labute approximate surface area is 239 Å². The summed E-state index contributed by atoms with van der Waals surface area (Å²) in [5.41, 5.74) is 5.70. The molecule has 0 radical (unpaired) electrons. The average molecular weight is 543 g/mol. The van der Waals surface area contributed by atoms with Gasteiger partial charge < -0.3 is 0 Å². The number of halogens is 1. The first kappa shape index (κ1) is 34.9. The highest BCUT2D eigenvalue weighted by atomic mass is 31.1. The van der Waals surface area contributed by atoms with Crippen LogP contribution in [0.5, 0.6) is 0 Å². The standard InChI is InChI=1S/C36H60FP/c1-11-16-18-22-35-29(9)34(26-38-35)36(23-19-17-12-2,25-28(8)32(20-13-3)21-14-4)33(30(10)37)24-31(15-5)27(6)7/h2,15,20,24,26-30,35,38H,11,13-14,16-19,21-23,25H2,1,3-10H3/b31-15+,32-20-,33-24-. The second-order valence-corrected chi connectivity index (χ2v) is 13.4. The van der Waals surface area contributed by atoms with Crippen LogP contribution in [0.25, 0.3) is 0 Å². The van der Waals surface area contributed by atoms with Crippen LogP contribution in [0.2, 0.25) is 0 Å². The summed E-state index contributed by atoms with van der Waals surface area (Å²) in [4.78, 5) is 0. The molecule has 0 aromatic rings. The first-order chi connectivity index (χ1) is 18.1. The number of hydrogen-bond acceptors (Lipinski definition) is 0. The van der Waals surface area contributed by atoms with Crippen molar-refractivity contribution in [1.82, 2.24) is 0 Å². The SMILES string of the molecule is C#CCCCC(CC(C)/C(=C\CC)CCC)(C1=CPC(CCCCC)C1C)/C(=C\C(=C/C)C(C)C)C(C)F. The van der Waals surface area contributed by atoms with E-state index in [0.29, 0.717) is 23.4 Å². The van der Waals surface area contributed by atoms with Gasteiger partial charge in [0, 0.05) is 11.8 Å². The summed E-state index contributed by atoms with van der Waals surface area (Å²) in [7, 11) is 0.839. The highest BCUT2D eigenvalue weighted by Gasteiger charge is 2.46. The maximum absolute atomic E-state index is 16.0. The molecule has 1 rings (SSSR count). The molecule has 0 saturated carbocycles. The zero-order valence-corrected chi connectivity index (χ0v) is 27.4. The lowest BCUT2D eigenvalue weighted by Gasteiger charge is -2.44. The normalized spacial score (nSPS) is 22.9. The minimum absolute atomic E-state index is 0.292. The number of alkyl halides is 1. The maximum atomic E-state index is 16.0. The van der Waals surface area contributed by atoms with E-state index in [-0.39, 0.29) is 5.41 Å². The number of rotatable bonds is 18. The van der Waals surface area contributed by atoms with Crippen molar-refractivity contribution in [2.75, 3.05) is 0 Å². The molecule has 38 heavy (non-hydrogen) atoms. The van der Waals surface area contributed by atoms with Crippen molar-refractivity contribution in [3.63, 3.8) is 0 Å². The Balaban J connectivity index is 3.81. The third-order valence-corrected chi connectivity index (χ3v) is 10.4. The van der Waals surface area contributed by atoms with Crippen LogP contribution >= 0.6 is 8.58 Å². The van der Waals surface area contributed by atoms with Gasteiger partial charge in [0.25, 0.3) is 0 Å². The molecule has 0 saturated heterocycles. The Morgan fingerprint density at radius 2 is 1.84 bits per heavy atom. The van der Waals surface area contributed by atoms with Gasteiger partial charge in [0.05, 0.1) is 0 Å². The van der Waals surface area contributed by atoms with E-state index in [1.807, 2.05) is 0 Å². The number of allylic oxidation sites excluding steroid dienone is 7. The highest BCUT2D eigenvalue weighted by Crippen LogP contribution is 2.58. The van der Waals surface area contributed by atoms with Gasteiger partial charge in [-0.15, -0.1) is 12.3 Å². The van der Waals surface area contributed by atoms with Gasteiger partial charge in [0.2, 0.25) is 0 Å². The maximum Gasteiger partial charge on any atom is 0.120 e. The van der Waals surface area contributed by atoms with Gasteiger partial charge in [-0.2, -0.15) is 0 Å². The molecule has 0 N–H and O–H groups in total. The largest absolute Gasteiger partial charge is 0.243 e. The number of terminal acetylenes is 1. The van der Waals surface area contributed by atoms with Crippen molar-refractivity contribution in [3.05, 3.63) is 46.3 Å². The second kappa shape index (κ2) is 18.3. The zero-order valence-electron chi connectivity index (χ0n) is 26.4. The van der Waals surface area contributed by atoms with E-state index in [1.54, 1.807) is 12.5 Å². The minimum atomic E-state index is -0.998. The van der Waals surface area contributed by atoms with Crippen molar-refractivity contribution >= 4 is 8.58 Å². The lowest BCUT2D eigenvalue weighted by Crippen LogP contribution is -2.35.